The molecule has 1 heterocycles. The van der Waals surface area contributed by atoms with Crippen LogP contribution in [-0.2, 0) is 5.41 Å². The normalized spacial score (nSPS) is 13.4. The van der Waals surface area contributed by atoms with Crippen molar-refractivity contribution in [1.29, 1.82) is 0 Å². The van der Waals surface area contributed by atoms with Gasteiger partial charge in [0.2, 0.25) is 5.16 Å². The summed E-state index contributed by atoms with van der Waals surface area (Å²) < 4.78 is 0. The van der Waals surface area contributed by atoms with Crippen LogP contribution in [0.2, 0.25) is 0 Å². The minimum Gasteiger partial charge on any atom is -0.312 e. The quantitative estimate of drug-likeness (QED) is 0.831. The molecule has 4 nitrogen and oxygen atoms in total. The van der Waals surface area contributed by atoms with Crippen molar-refractivity contribution in [3.8, 4) is 0 Å². The van der Waals surface area contributed by atoms with E-state index in [1.165, 1.54) is 11.1 Å². The fourth-order valence-corrected chi connectivity index (χ4v) is 3.09. The fraction of sp³-hybridized carbons (Fsp3) is 0.500. The van der Waals surface area contributed by atoms with E-state index >= 15 is 0 Å². The van der Waals surface area contributed by atoms with Crippen LogP contribution in [0.15, 0.2) is 29.4 Å². The van der Waals surface area contributed by atoms with Crippen LogP contribution in [0.4, 0.5) is 0 Å². The highest BCUT2D eigenvalue weighted by atomic mass is 32.2. The van der Waals surface area contributed by atoms with Gasteiger partial charge in [0.05, 0.1) is 0 Å². The molecule has 1 aromatic carbocycles. The van der Waals surface area contributed by atoms with Gasteiger partial charge in [0.25, 0.3) is 0 Å². The number of nitrogens with zero attached hydrogens (tertiary/aromatic N) is 2. The van der Waals surface area contributed by atoms with Gasteiger partial charge >= 0.3 is 0 Å². The molecule has 0 saturated heterocycles. The standard InChI is InChI=1S/C16H24N4S/c1-11-18-15(20-19-11)21-10-14(17-5)12-6-8-13(9-7-12)16(2,3)4/h6-9,14,17H,10H2,1-5H3,(H,18,19,20). The summed E-state index contributed by atoms with van der Waals surface area (Å²) in [5.41, 5.74) is 2.85. The highest BCUT2D eigenvalue weighted by molar-refractivity contribution is 7.99. The summed E-state index contributed by atoms with van der Waals surface area (Å²) in [6.07, 6.45) is 0. The summed E-state index contributed by atoms with van der Waals surface area (Å²) in [5, 5.41) is 11.2. The number of H-pyrrole nitrogens is 1. The van der Waals surface area contributed by atoms with E-state index in [0.29, 0.717) is 6.04 Å². The van der Waals surface area contributed by atoms with Gasteiger partial charge in [0.15, 0.2) is 0 Å². The highest BCUT2D eigenvalue weighted by Gasteiger charge is 2.15. The first-order valence-electron chi connectivity index (χ1n) is 7.19. The van der Waals surface area contributed by atoms with Crippen molar-refractivity contribution in [1.82, 2.24) is 20.5 Å². The number of benzene rings is 1. The molecular weight excluding hydrogens is 280 g/mol. The molecular formula is C16H24N4S. The molecule has 5 heteroatoms. The second-order valence-corrected chi connectivity index (χ2v) is 7.21. The lowest BCUT2D eigenvalue weighted by molar-refractivity contribution is 0.588. The Morgan fingerprint density at radius 1 is 1.24 bits per heavy atom. The molecule has 0 aliphatic heterocycles. The molecule has 0 radical (unpaired) electrons. The Bertz CT molecular complexity index is 569. The Balaban J connectivity index is 2.03. The van der Waals surface area contributed by atoms with Crippen molar-refractivity contribution in [2.24, 2.45) is 0 Å². The van der Waals surface area contributed by atoms with Crippen molar-refractivity contribution in [3.63, 3.8) is 0 Å². The fourth-order valence-electron chi connectivity index (χ4n) is 2.11. The molecule has 1 unspecified atom stereocenters. The number of hydrogen-bond acceptors (Lipinski definition) is 4. The van der Waals surface area contributed by atoms with Crippen LogP contribution in [0.25, 0.3) is 0 Å². The molecule has 1 atom stereocenters. The van der Waals surface area contributed by atoms with Crippen LogP contribution in [0.1, 0.15) is 43.8 Å². The van der Waals surface area contributed by atoms with E-state index < -0.39 is 0 Å². The average Bonchev–Trinajstić information content (AvgIpc) is 2.85. The van der Waals surface area contributed by atoms with Gasteiger partial charge < -0.3 is 5.32 Å². The predicted molar refractivity (Wildman–Crippen MR) is 88.8 cm³/mol. The Kier molecular flexibility index (Phi) is 5.06. The summed E-state index contributed by atoms with van der Waals surface area (Å²) in [4.78, 5) is 4.33. The summed E-state index contributed by atoms with van der Waals surface area (Å²) in [6.45, 7) is 8.62. The minimum atomic E-state index is 0.193. The predicted octanol–water partition coefficient (Wildman–Crippen LogP) is 3.46. The number of rotatable bonds is 5. The number of hydrogen-bond donors (Lipinski definition) is 2. The molecule has 0 amide bonds. The summed E-state index contributed by atoms with van der Waals surface area (Å²) >= 11 is 1.66. The first kappa shape index (κ1) is 16.0. The van der Waals surface area contributed by atoms with Gasteiger partial charge in [-0.25, -0.2) is 4.98 Å². The Labute approximate surface area is 131 Å². The maximum Gasteiger partial charge on any atom is 0.208 e. The van der Waals surface area contributed by atoms with E-state index in [1.54, 1.807) is 11.8 Å². The molecule has 2 N–H and O–H groups in total. The van der Waals surface area contributed by atoms with E-state index in [1.807, 2.05) is 14.0 Å². The highest BCUT2D eigenvalue weighted by Crippen LogP contribution is 2.26. The Hall–Kier alpha value is -1.33. The zero-order chi connectivity index (χ0) is 15.5. The largest absolute Gasteiger partial charge is 0.312 e. The topological polar surface area (TPSA) is 53.6 Å². The third-order valence-electron chi connectivity index (χ3n) is 3.48. The molecule has 2 aromatic rings. The van der Waals surface area contributed by atoms with Crippen LogP contribution in [-0.4, -0.2) is 28.0 Å². The molecule has 0 bridgehead atoms. The van der Waals surface area contributed by atoms with Crippen LogP contribution in [0.5, 0.6) is 0 Å². The van der Waals surface area contributed by atoms with Crippen LogP contribution in [0, 0.1) is 6.92 Å². The molecule has 0 aliphatic carbocycles. The number of nitrogens with one attached hydrogen (secondary N) is 2. The molecule has 0 aliphatic rings. The minimum absolute atomic E-state index is 0.193. The second kappa shape index (κ2) is 6.62. The zero-order valence-electron chi connectivity index (χ0n) is 13.4. The van der Waals surface area contributed by atoms with Crippen molar-refractivity contribution in [2.75, 3.05) is 12.8 Å². The van der Waals surface area contributed by atoms with Gasteiger partial charge in [-0.15, -0.1) is 5.10 Å². The SMILES string of the molecule is CNC(CSc1n[nH]c(C)n1)c1ccc(C(C)(C)C)cc1. The maximum absolute atomic E-state index is 4.33. The van der Waals surface area contributed by atoms with Crippen molar-refractivity contribution in [3.05, 3.63) is 41.2 Å². The number of thioether (sulfide) groups is 1. The molecule has 0 fully saturated rings. The molecule has 0 spiro atoms. The van der Waals surface area contributed by atoms with E-state index in [4.69, 9.17) is 0 Å². The molecule has 2 rings (SSSR count). The number of aromatic amines is 1. The van der Waals surface area contributed by atoms with Gasteiger partial charge in [-0.3, -0.25) is 5.10 Å². The summed E-state index contributed by atoms with van der Waals surface area (Å²) in [5.74, 6) is 1.76. The zero-order valence-corrected chi connectivity index (χ0v) is 14.2. The average molecular weight is 304 g/mol. The maximum atomic E-state index is 4.33. The van der Waals surface area contributed by atoms with Crippen LogP contribution < -0.4 is 5.32 Å². The molecule has 21 heavy (non-hydrogen) atoms. The van der Waals surface area contributed by atoms with Crippen molar-refractivity contribution >= 4 is 11.8 Å². The third kappa shape index (κ3) is 4.32. The summed E-state index contributed by atoms with van der Waals surface area (Å²) in [6, 6.07) is 9.17. The first-order valence-corrected chi connectivity index (χ1v) is 8.18. The lowest BCUT2D eigenvalue weighted by atomic mass is 9.86. The lowest BCUT2D eigenvalue weighted by Crippen LogP contribution is -2.19. The number of aryl methyl sites for hydroxylation is 1. The van der Waals surface area contributed by atoms with E-state index in [-0.39, 0.29) is 5.41 Å². The van der Waals surface area contributed by atoms with Gasteiger partial charge in [0.1, 0.15) is 5.82 Å². The lowest BCUT2D eigenvalue weighted by Gasteiger charge is -2.21. The molecule has 0 saturated carbocycles. The van der Waals surface area contributed by atoms with Crippen molar-refractivity contribution in [2.45, 2.75) is 44.3 Å². The van der Waals surface area contributed by atoms with E-state index in [0.717, 1.165) is 16.7 Å². The second-order valence-electron chi connectivity index (χ2n) is 6.23. The number of aromatic nitrogens is 3. The first-order chi connectivity index (χ1) is 9.90. The van der Waals surface area contributed by atoms with Crippen molar-refractivity contribution < 1.29 is 0 Å². The summed E-state index contributed by atoms with van der Waals surface area (Å²) in [7, 11) is 1.99. The Morgan fingerprint density at radius 3 is 2.38 bits per heavy atom. The van der Waals surface area contributed by atoms with Gasteiger partial charge in [-0.1, -0.05) is 56.8 Å². The molecule has 1 aromatic heterocycles. The van der Waals surface area contributed by atoms with Gasteiger partial charge in [0, 0.05) is 11.8 Å². The van der Waals surface area contributed by atoms with Crippen LogP contribution >= 0.6 is 11.8 Å². The third-order valence-corrected chi connectivity index (χ3v) is 4.42. The Morgan fingerprint density at radius 2 is 1.90 bits per heavy atom. The van der Waals surface area contributed by atoms with Crippen LogP contribution in [0.3, 0.4) is 0 Å². The smallest absolute Gasteiger partial charge is 0.208 e. The van der Waals surface area contributed by atoms with Gasteiger partial charge in [-0.2, -0.15) is 0 Å². The monoisotopic (exact) mass is 304 g/mol. The van der Waals surface area contributed by atoms with E-state index in [9.17, 15) is 0 Å². The van der Waals surface area contributed by atoms with Gasteiger partial charge in [-0.05, 0) is 30.5 Å². The molecule has 114 valence electrons. The van der Waals surface area contributed by atoms with E-state index in [2.05, 4.69) is 65.5 Å².